The molecule has 2 aromatic rings. The molecule has 1 heterocycles. The van der Waals surface area contributed by atoms with Crippen molar-refractivity contribution < 1.29 is 0 Å². The van der Waals surface area contributed by atoms with Gasteiger partial charge in [-0.3, -0.25) is 0 Å². The Morgan fingerprint density at radius 3 is 2.93 bits per heavy atom. The van der Waals surface area contributed by atoms with Crippen molar-refractivity contribution in [2.24, 2.45) is 0 Å². The van der Waals surface area contributed by atoms with Gasteiger partial charge in [-0.1, -0.05) is 27.2 Å². The van der Waals surface area contributed by atoms with E-state index in [0.717, 1.165) is 21.4 Å². The molecule has 0 saturated heterocycles. The molecule has 0 radical (unpaired) electrons. The maximum atomic E-state index is 5.67. The summed E-state index contributed by atoms with van der Waals surface area (Å²) in [6.45, 7) is 2.03. The molecule has 1 aromatic heterocycles. The highest BCUT2D eigenvalue weighted by atomic mass is 79.9. The third-order valence-corrected chi connectivity index (χ3v) is 3.30. The van der Waals surface area contributed by atoms with Gasteiger partial charge in [-0.05, 0) is 24.6 Å². The molecule has 0 unspecified atom stereocenters. The van der Waals surface area contributed by atoms with Crippen molar-refractivity contribution in [3.05, 3.63) is 40.1 Å². The van der Waals surface area contributed by atoms with Crippen molar-refractivity contribution in [2.75, 3.05) is 0 Å². The maximum Gasteiger partial charge on any atom is 0.0979 e. The minimum atomic E-state index is 0.382. The highest BCUT2D eigenvalue weighted by molar-refractivity contribution is 9.10. The van der Waals surface area contributed by atoms with Gasteiger partial charge in [0.2, 0.25) is 0 Å². The van der Waals surface area contributed by atoms with E-state index in [0.29, 0.717) is 5.88 Å². The summed E-state index contributed by atoms with van der Waals surface area (Å²) >= 11 is 9.15. The standard InChI is InChI=1S/C10H9BrClN3/c1-7-9(11)3-2-4-10(7)15-6-8(5-12)13-14-15/h2-4,6H,5H2,1H3. The zero-order valence-electron chi connectivity index (χ0n) is 8.11. The molecule has 78 valence electrons. The summed E-state index contributed by atoms with van der Waals surface area (Å²) in [7, 11) is 0. The van der Waals surface area contributed by atoms with E-state index in [2.05, 4.69) is 26.2 Å². The molecule has 1 aromatic carbocycles. The monoisotopic (exact) mass is 285 g/mol. The molecule has 0 atom stereocenters. The normalized spacial score (nSPS) is 10.6. The van der Waals surface area contributed by atoms with E-state index in [1.165, 1.54) is 0 Å². The van der Waals surface area contributed by atoms with Crippen LogP contribution in [0.3, 0.4) is 0 Å². The van der Waals surface area contributed by atoms with E-state index < -0.39 is 0 Å². The Bertz CT molecular complexity index is 481. The Labute approximate surface area is 101 Å². The van der Waals surface area contributed by atoms with Gasteiger partial charge < -0.3 is 0 Å². The number of hydrogen-bond donors (Lipinski definition) is 0. The van der Waals surface area contributed by atoms with Crippen LogP contribution in [-0.4, -0.2) is 15.0 Å². The van der Waals surface area contributed by atoms with Crippen molar-refractivity contribution >= 4 is 27.5 Å². The summed E-state index contributed by atoms with van der Waals surface area (Å²) in [5.74, 6) is 0.382. The molecule has 0 amide bonds. The predicted molar refractivity (Wildman–Crippen MR) is 63.4 cm³/mol. The van der Waals surface area contributed by atoms with E-state index >= 15 is 0 Å². The van der Waals surface area contributed by atoms with Gasteiger partial charge in [0.05, 0.1) is 23.5 Å². The van der Waals surface area contributed by atoms with Crippen molar-refractivity contribution in [3.8, 4) is 5.69 Å². The fourth-order valence-electron chi connectivity index (χ4n) is 1.32. The van der Waals surface area contributed by atoms with Gasteiger partial charge in [0.25, 0.3) is 0 Å². The van der Waals surface area contributed by atoms with Crippen molar-refractivity contribution in [1.82, 2.24) is 15.0 Å². The molecule has 0 spiro atoms. The quantitative estimate of drug-likeness (QED) is 0.794. The predicted octanol–water partition coefficient (Wildman–Crippen LogP) is 3.08. The number of benzene rings is 1. The van der Waals surface area contributed by atoms with E-state index in [9.17, 15) is 0 Å². The second kappa shape index (κ2) is 4.33. The molecule has 0 fully saturated rings. The minimum Gasteiger partial charge on any atom is -0.220 e. The summed E-state index contributed by atoms with van der Waals surface area (Å²) in [4.78, 5) is 0. The first-order valence-electron chi connectivity index (χ1n) is 4.45. The molecular formula is C10H9BrClN3. The van der Waals surface area contributed by atoms with Crippen LogP contribution in [0.4, 0.5) is 0 Å². The largest absolute Gasteiger partial charge is 0.220 e. The van der Waals surface area contributed by atoms with Gasteiger partial charge in [-0.25, -0.2) is 4.68 Å². The Kier molecular flexibility index (Phi) is 3.07. The number of halogens is 2. The van der Waals surface area contributed by atoms with Crippen LogP contribution in [0, 0.1) is 6.92 Å². The van der Waals surface area contributed by atoms with Gasteiger partial charge in [-0.15, -0.1) is 16.7 Å². The lowest BCUT2D eigenvalue weighted by Gasteiger charge is -2.05. The summed E-state index contributed by atoms with van der Waals surface area (Å²) in [5.41, 5.74) is 2.91. The zero-order chi connectivity index (χ0) is 10.8. The second-order valence-corrected chi connectivity index (χ2v) is 4.29. The highest BCUT2D eigenvalue weighted by Gasteiger charge is 2.06. The van der Waals surface area contributed by atoms with Gasteiger partial charge in [0.15, 0.2) is 0 Å². The minimum absolute atomic E-state index is 0.382. The molecule has 0 saturated carbocycles. The molecule has 0 aliphatic rings. The van der Waals surface area contributed by atoms with Gasteiger partial charge in [0, 0.05) is 4.47 Å². The summed E-state index contributed by atoms with van der Waals surface area (Å²) in [5, 5.41) is 7.97. The first-order chi connectivity index (χ1) is 7.22. The third kappa shape index (κ3) is 2.06. The molecule has 0 aliphatic carbocycles. The number of alkyl halides is 1. The maximum absolute atomic E-state index is 5.67. The average molecular weight is 287 g/mol. The van der Waals surface area contributed by atoms with E-state index in [-0.39, 0.29) is 0 Å². The van der Waals surface area contributed by atoms with Crippen molar-refractivity contribution in [2.45, 2.75) is 12.8 Å². The van der Waals surface area contributed by atoms with Crippen LogP contribution in [-0.2, 0) is 5.88 Å². The van der Waals surface area contributed by atoms with Gasteiger partial charge in [0.1, 0.15) is 0 Å². The average Bonchev–Trinajstić information content (AvgIpc) is 2.70. The zero-order valence-corrected chi connectivity index (χ0v) is 10.5. The van der Waals surface area contributed by atoms with Crippen LogP contribution in [0.25, 0.3) is 5.69 Å². The third-order valence-electron chi connectivity index (χ3n) is 2.16. The highest BCUT2D eigenvalue weighted by Crippen LogP contribution is 2.22. The first kappa shape index (κ1) is 10.6. The number of hydrogen-bond acceptors (Lipinski definition) is 2. The Balaban J connectivity index is 2.49. The number of rotatable bonds is 2. The summed E-state index contributed by atoms with van der Waals surface area (Å²) in [6.07, 6.45) is 1.84. The molecule has 0 N–H and O–H groups in total. The van der Waals surface area contributed by atoms with Gasteiger partial charge >= 0.3 is 0 Å². The molecular weight excluding hydrogens is 277 g/mol. The lowest BCUT2D eigenvalue weighted by molar-refractivity contribution is 0.795. The molecule has 3 nitrogen and oxygen atoms in total. The molecule has 5 heteroatoms. The summed E-state index contributed by atoms with van der Waals surface area (Å²) in [6, 6.07) is 5.96. The van der Waals surface area contributed by atoms with E-state index in [1.807, 2.05) is 31.3 Å². The van der Waals surface area contributed by atoms with Crippen molar-refractivity contribution in [1.29, 1.82) is 0 Å². The Hall–Kier alpha value is -0.870. The summed E-state index contributed by atoms with van der Waals surface area (Å²) < 4.78 is 2.79. The smallest absolute Gasteiger partial charge is 0.0979 e. The van der Waals surface area contributed by atoms with Crippen molar-refractivity contribution in [3.63, 3.8) is 0 Å². The van der Waals surface area contributed by atoms with Crippen LogP contribution < -0.4 is 0 Å². The Morgan fingerprint density at radius 1 is 1.47 bits per heavy atom. The molecule has 2 rings (SSSR count). The number of nitrogens with zero attached hydrogens (tertiary/aromatic N) is 3. The lowest BCUT2D eigenvalue weighted by atomic mass is 10.2. The van der Waals surface area contributed by atoms with Gasteiger partial charge in [-0.2, -0.15) is 0 Å². The molecule has 0 aliphatic heterocycles. The first-order valence-corrected chi connectivity index (χ1v) is 5.78. The second-order valence-electron chi connectivity index (χ2n) is 3.17. The van der Waals surface area contributed by atoms with Crippen LogP contribution >= 0.6 is 27.5 Å². The number of aromatic nitrogens is 3. The fourth-order valence-corrected chi connectivity index (χ4v) is 1.80. The topological polar surface area (TPSA) is 30.7 Å². The van der Waals surface area contributed by atoms with Crippen LogP contribution in [0.15, 0.2) is 28.9 Å². The fraction of sp³-hybridized carbons (Fsp3) is 0.200. The van der Waals surface area contributed by atoms with Crippen LogP contribution in [0.2, 0.25) is 0 Å². The molecule has 0 bridgehead atoms. The van der Waals surface area contributed by atoms with E-state index in [1.54, 1.807) is 4.68 Å². The van der Waals surface area contributed by atoms with E-state index in [4.69, 9.17) is 11.6 Å². The molecule has 15 heavy (non-hydrogen) atoms. The SMILES string of the molecule is Cc1c(Br)cccc1-n1cc(CCl)nn1. The Morgan fingerprint density at radius 2 is 2.27 bits per heavy atom. The van der Waals surface area contributed by atoms with Crippen LogP contribution in [0.1, 0.15) is 11.3 Å². The van der Waals surface area contributed by atoms with Crippen LogP contribution in [0.5, 0.6) is 0 Å². The lowest BCUT2D eigenvalue weighted by Crippen LogP contribution is -1.98.